The smallest absolute Gasteiger partial charge is 0.323 e. The molecule has 0 heterocycles. The second-order valence-corrected chi connectivity index (χ2v) is 2.48. The lowest BCUT2D eigenvalue weighted by atomic mass is 10.3. The Hall–Kier alpha value is -2.08. The van der Waals surface area contributed by atoms with Gasteiger partial charge in [0, 0.05) is 11.8 Å². The number of phenols is 1. The largest absolute Gasteiger partial charge is 0.508 e. The van der Waals surface area contributed by atoms with E-state index in [-0.39, 0.29) is 5.75 Å². The van der Waals surface area contributed by atoms with Crippen LogP contribution in [0.5, 0.6) is 5.75 Å². The minimum Gasteiger partial charge on any atom is -0.508 e. The Labute approximate surface area is 79.7 Å². The molecule has 0 fully saturated rings. The first kappa shape index (κ1) is 10.0. The van der Waals surface area contributed by atoms with Crippen LogP contribution in [0.2, 0.25) is 0 Å². The Balaban J connectivity index is 2.70. The van der Waals surface area contributed by atoms with Gasteiger partial charge in [-0.05, 0) is 12.1 Å². The molecule has 1 rings (SSSR count). The van der Waals surface area contributed by atoms with E-state index in [0.717, 1.165) is 0 Å². The van der Waals surface area contributed by atoms with Crippen molar-refractivity contribution < 1.29 is 14.7 Å². The quantitative estimate of drug-likeness (QED) is 0.206. The molecule has 0 aliphatic carbocycles. The van der Waals surface area contributed by atoms with Crippen LogP contribution < -0.4 is 16.6 Å². The molecule has 0 aliphatic rings. The number of phenolic OH excluding ortho intramolecular Hbond substituents is 1. The molecule has 0 aromatic heterocycles. The summed E-state index contributed by atoms with van der Waals surface area (Å²) in [6.07, 6.45) is 0. The summed E-state index contributed by atoms with van der Waals surface area (Å²) in [4.78, 5) is 21.7. The number of carbonyl (C=O) groups excluding carboxylic acids is 2. The fourth-order valence-electron chi connectivity index (χ4n) is 0.837. The van der Waals surface area contributed by atoms with E-state index in [1.165, 1.54) is 24.3 Å². The van der Waals surface area contributed by atoms with Crippen molar-refractivity contribution in [2.24, 2.45) is 5.84 Å². The van der Waals surface area contributed by atoms with E-state index in [1.54, 1.807) is 5.43 Å². The van der Waals surface area contributed by atoms with Gasteiger partial charge in [-0.2, -0.15) is 0 Å². The molecule has 0 aliphatic heterocycles. The summed E-state index contributed by atoms with van der Waals surface area (Å²) in [5.41, 5.74) is 2.00. The molecular formula is C8H9N3O3. The number of nitrogens with two attached hydrogens (primary N) is 1. The molecular weight excluding hydrogens is 186 g/mol. The van der Waals surface area contributed by atoms with Gasteiger partial charge in [-0.3, -0.25) is 15.0 Å². The number of benzene rings is 1. The fourth-order valence-corrected chi connectivity index (χ4v) is 0.837. The highest BCUT2D eigenvalue weighted by molar-refractivity contribution is 6.39. The summed E-state index contributed by atoms with van der Waals surface area (Å²) in [5, 5.41) is 11.3. The predicted molar refractivity (Wildman–Crippen MR) is 49.1 cm³/mol. The Morgan fingerprint density at radius 2 is 2.00 bits per heavy atom. The van der Waals surface area contributed by atoms with Crippen molar-refractivity contribution in [1.29, 1.82) is 0 Å². The maximum Gasteiger partial charge on any atom is 0.323 e. The van der Waals surface area contributed by atoms with Crippen molar-refractivity contribution in [3.63, 3.8) is 0 Å². The highest BCUT2D eigenvalue weighted by Crippen LogP contribution is 2.14. The summed E-state index contributed by atoms with van der Waals surface area (Å²) in [7, 11) is 0. The third-order valence-electron chi connectivity index (χ3n) is 1.44. The third kappa shape index (κ3) is 2.46. The molecule has 6 nitrogen and oxygen atoms in total. The molecule has 0 radical (unpaired) electrons. The van der Waals surface area contributed by atoms with E-state index >= 15 is 0 Å². The van der Waals surface area contributed by atoms with Crippen LogP contribution in [0, 0.1) is 0 Å². The van der Waals surface area contributed by atoms with Gasteiger partial charge in [0.05, 0.1) is 0 Å². The highest BCUT2D eigenvalue weighted by atomic mass is 16.3. The highest BCUT2D eigenvalue weighted by Gasteiger charge is 2.11. The molecule has 5 N–H and O–H groups in total. The number of hydrazine groups is 1. The number of aromatic hydroxyl groups is 1. The molecule has 0 saturated carbocycles. The summed E-state index contributed by atoms with van der Waals surface area (Å²) in [5.74, 6) is 2.90. The molecule has 0 bridgehead atoms. The Bertz CT molecular complexity index is 365. The van der Waals surface area contributed by atoms with Crippen LogP contribution in [0.15, 0.2) is 24.3 Å². The van der Waals surface area contributed by atoms with Gasteiger partial charge in [-0.1, -0.05) is 6.07 Å². The van der Waals surface area contributed by atoms with Crippen LogP contribution in [0.25, 0.3) is 0 Å². The first-order valence-electron chi connectivity index (χ1n) is 3.74. The van der Waals surface area contributed by atoms with Crippen LogP contribution >= 0.6 is 0 Å². The summed E-state index contributed by atoms with van der Waals surface area (Å²) in [6, 6.07) is 5.81. The zero-order chi connectivity index (χ0) is 10.6. The second-order valence-electron chi connectivity index (χ2n) is 2.48. The van der Waals surface area contributed by atoms with E-state index in [2.05, 4.69) is 5.32 Å². The van der Waals surface area contributed by atoms with E-state index in [4.69, 9.17) is 10.9 Å². The molecule has 2 amide bonds. The summed E-state index contributed by atoms with van der Waals surface area (Å²) >= 11 is 0. The van der Waals surface area contributed by atoms with Crippen LogP contribution in [0.4, 0.5) is 5.69 Å². The average molecular weight is 195 g/mol. The van der Waals surface area contributed by atoms with Gasteiger partial charge < -0.3 is 10.4 Å². The van der Waals surface area contributed by atoms with Crippen molar-refractivity contribution in [3.8, 4) is 5.75 Å². The van der Waals surface area contributed by atoms with Crippen LogP contribution in [-0.4, -0.2) is 16.9 Å². The van der Waals surface area contributed by atoms with Gasteiger partial charge in [0.15, 0.2) is 0 Å². The van der Waals surface area contributed by atoms with Crippen molar-refractivity contribution in [2.45, 2.75) is 0 Å². The lowest BCUT2D eigenvalue weighted by Crippen LogP contribution is -2.39. The number of anilines is 1. The Morgan fingerprint density at radius 3 is 2.57 bits per heavy atom. The van der Waals surface area contributed by atoms with E-state index < -0.39 is 11.8 Å². The minimum absolute atomic E-state index is 0.00374. The topological polar surface area (TPSA) is 104 Å². The van der Waals surface area contributed by atoms with Gasteiger partial charge in [0.25, 0.3) is 0 Å². The summed E-state index contributed by atoms with van der Waals surface area (Å²) < 4.78 is 0. The number of rotatable bonds is 1. The maximum atomic E-state index is 11.0. The monoisotopic (exact) mass is 195 g/mol. The second kappa shape index (κ2) is 4.24. The first-order chi connectivity index (χ1) is 6.63. The SMILES string of the molecule is NNC(=O)C(=O)Nc1cccc(O)c1. The molecule has 1 aromatic carbocycles. The van der Waals surface area contributed by atoms with E-state index in [9.17, 15) is 9.59 Å². The van der Waals surface area contributed by atoms with Gasteiger partial charge in [0.1, 0.15) is 5.75 Å². The molecule has 0 atom stereocenters. The van der Waals surface area contributed by atoms with Gasteiger partial charge in [0.2, 0.25) is 0 Å². The lowest BCUT2D eigenvalue weighted by Gasteiger charge is -2.03. The molecule has 74 valence electrons. The van der Waals surface area contributed by atoms with Crippen LogP contribution in [0.3, 0.4) is 0 Å². The Kier molecular flexibility index (Phi) is 3.03. The number of carbonyl (C=O) groups is 2. The molecule has 0 spiro atoms. The number of nitrogens with one attached hydrogen (secondary N) is 2. The van der Waals surface area contributed by atoms with E-state index in [0.29, 0.717) is 5.69 Å². The van der Waals surface area contributed by atoms with Gasteiger partial charge in [-0.25, -0.2) is 5.84 Å². The normalized spacial score (nSPS) is 9.21. The standard InChI is InChI=1S/C8H9N3O3/c9-11-8(14)7(13)10-5-2-1-3-6(12)4-5/h1-4,12H,9H2,(H,10,13)(H,11,14). The lowest BCUT2D eigenvalue weighted by molar-refractivity contribution is -0.136. The van der Waals surface area contributed by atoms with Gasteiger partial charge in [-0.15, -0.1) is 0 Å². The molecule has 0 unspecified atom stereocenters. The van der Waals surface area contributed by atoms with Crippen molar-refractivity contribution in [1.82, 2.24) is 5.43 Å². The number of hydrogen-bond donors (Lipinski definition) is 4. The molecule has 1 aromatic rings. The van der Waals surface area contributed by atoms with Gasteiger partial charge >= 0.3 is 11.8 Å². The predicted octanol–water partition coefficient (Wildman–Crippen LogP) is -0.679. The van der Waals surface area contributed by atoms with Crippen LogP contribution in [0.1, 0.15) is 0 Å². The van der Waals surface area contributed by atoms with Crippen molar-refractivity contribution >= 4 is 17.5 Å². The maximum absolute atomic E-state index is 11.0. The minimum atomic E-state index is -0.951. The average Bonchev–Trinajstić information content (AvgIpc) is 2.16. The number of amides is 2. The van der Waals surface area contributed by atoms with Crippen molar-refractivity contribution in [3.05, 3.63) is 24.3 Å². The third-order valence-corrected chi connectivity index (χ3v) is 1.44. The zero-order valence-electron chi connectivity index (χ0n) is 7.15. The molecule has 14 heavy (non-hydrogen) atoms. The van der Waals surface area contributed by atoms with E-state index in [1.807, 2.05) is 0 Å². The Morgan fingerprint density at radius 1 is 1.29 bits per heavy atom. The molecule has 0 saturated heterocycles. The fraction of sp³-hybridized carbons (Fsp3) is 0. The number of hydrogen-bond acceptors (Lipinski definition) is 4. The van der Waals surface area contributed by atoms with Crippen LogP contribution in [-0.2, 0) is 9.59 Å². The van der Waals surface area contributed by atoms with Crippen molar-refractivity contribution in [2.75, 3.05) is 5.32 Å². The first-order valence-corrected chi connectivity index (χ1v) is 3.74. The summed E-state index contributed by atoms with van der Waals surface area (Å²) in [6.45, 7) is 0. The zero-order valence-corrected chi connectivity index (χ0v) is 7.15. The molecule has 6 heteroatoms.